The molecule has 0 aromatic heterocycles. The fourth-order valence-electron chi connectivity index (χ4n) is 3.19. The van der Waals surface area contributed by atoms with Crippen molar-refractivity contribution in [2.75, 3.05) is 0 Å². The molecule has 5 heteroatoms. The molecule has 0 spiro atoms. The van der Waals surface area contributed by atoms with Gasteiger partial charge in [-0.3, -0.25) is 14.9 Å². The molecule has 2 rings (SSSR count). The molecule has 0 heterocycles. The summed E-state index contributed by atoms with van der Waals surface area (Å²) >= 11 is 0. The lowest BCUT2D eigenvalue weighted by molar-refractivity contribution is -0.385. The number of benzene rings is 1. The first-order valence-electron chi connectivity index (χ1n) is 7.01. The van der Waals surface area contributed by atoms with E-state index in [0.717, 1.165) is 12.8 Å². The maximum Gasteiger partial charge on any atom is 0.272 e. The van der Waals surface area contributed by atoms with Crippen LogP contribution in [0.3, 0.4) is 0 Å². The first kappa shape index (κ1) is 15.2. The molecule has 21 heavy (non-hydrogen) atoms. The number of nitro groups is 1. The van der Waals surface area contributed by atoms with E-state index in [9.17, 15) is 20.2 Å². The molecule has 1 aliphatic rings. The number of carbonyl (C=O) groups is 1. The van der Waals surface area contributed by atoms with Crippen LogP contribution in [0.25, 0.3) is 0 Å². The molecule has 1 unspecified atom stereocenters. The number of para-hydroxylation sites is 1. The van der Waals surface area contributed by atoms with Gasteiger partial charge in [0.1, 0.15) is 5.41 Å². The third kappa shape index (κ3) is 2.66. The molecule has 0 bridgehead atoms. The fourth-order valence-corrected chi connectivity index (χ4v) is 3.19. The Balaban J connectivity index is 2.43. The zero-order valence-electron chi connectivity index (χ0n) is 12.3. The molecule has 1 aromatic carbocycles. The van der Waals surface area contributed by atoms with Gasteiger partial charge in [-0.15, -0.1) is 0 Å². The van der Waals surface area contributed by atoms with E-state index >= 15 is 0 Å². The van der Waals surface area contributed by atoms with Crippen molar-refractivity contribution in [2.24, 2.45) is 10.8 Å². The highest BCUT2D eigenvalue weighted by Gasteiger charge is 2.49. The predicted molar refractivity (Wildman–Crippen MR) is 77.5 cm³/mol. The third-order valence-corrected chi connectivity index (χ3v) is 4.35. The van der Waals surface area contributed by atoms with Gasteiger partial charge in [0.15, 0.2) is 5.78 Å². The minimum atomic E-state index is -1.14. The van der Waals surface area contributed by atoms with Crippen molar-refractivity contribution >= 4 is 11.5 Å². The van der Waals surface area contributed by atoms with Gasteiger partial charge >= 0.3 is 0 Å². The van der Waals surface area contributed by atoms with Gasteiger partial charge in [0.25, 0.3) is 5.69 Å². The van der Waals surface area contributed by atoms with Crippen LogP contribution in [0.4, 0.5) is 5.69 Å². The van der Waals surface area contributed by atoms with E-state index in [1.54, 1.807) is 18.2 Å². The van der Waals surface area contributed by atoms with Crippen molar-refractivity contribution in [1.82, 2.24) is 0 Å². The average molecular weight is 286 g/mol. The number of carbonyl (C=O) groups excluding carboxylic acids is 1. The maximum atomic E-state index is 12.7. The minimum Gasteiger partial charge on any atom is -0.297 e. The largest absolute Gasteiger partial charge is 0.297 e. The van der Waals surface area contributed by atoms with Crippen molar-refractivity contribution < 1.29 is 9.72 Å². The van der Waals surface area contributed by atoms with Crippen LogP contribution in [0.15, 0.2) is 24.3 Å². The summed E-state index contributed by atoms with van der Waals surface area (Å²) in [6.07, 6.45) is 2.12. The van der Waals surface area contributed by atoms with Crippen LogP contribution >= 0.6 is 0 Å². The quantitative estimate of drug-likeness (QED) is 0.629. The van der Waals surface area contributed by atoms with Crippen molar-refractivity contribution in [3.8, 4) is 6.07 Å². The van der Waals surface area contributed by atoms with Gasteiger partial charge < -0.3 is 0 Å². The molecular weight excluding hydrogens is 268 g/mol. The lowest BCUT2D eigenvalue weighted by atomic mass is 9.61. The minimum absolute atomic E-state index is 0.0247. The SMILES string of the molecule is CC1(C)CCCC(C#N)(Cc2ccccc2[N+](=O)[O-])C1=O. The molecule has 0 aliphatic heterocycles. The maximum absolute atomic E-state index is 12.7. The van der Waals surface area contributed by atoms with Gasteiger partial charge in [-0.1, -0.05) is 38.5 Å². The molecule has 0 saturated heterocycles. The van der Waals surface area contributed by atoms with Crippen molar-refractivity contribution in [3.05, 3.63) is 39.9 Å². The molecule has 1 aromatic rings. The van der Waals surface area contributed by atoms with E-state index in [1.807, 2.05) is 13.8 Å². The van der Waals surface area contributed by atoms with Gasteiger partial charge in [0, 0.05) is 23.5 Å². The Morgan fingerprint density at radius 1 is 1.33 bits per heavy atom. The molecule has 1 aliphatic carbocycles. The van der Waals surface area contributed by atoms with Crippen molar-refractivity contribution in [3.63, 3.8) is 0 Å². The monoisotopic (exact) mass is 286 g/mol. The Hall–Kier alpha value is -2.22. The predicted octanol–water partition coefficient (Wildman–Crippen LogP) is 3.43. The summed E-state index contributed by atoms with van der Waals surface area (Å²) in [5, 5.41) is 20.7. The highest BCUT2D eigenvalue weighted by atomic mass is 16.6. The Bertz CT molecular complexity index is 631. The molecule has 1 fully saturated rings. The number of Topliss-reactive ketones (excluding diaryl/α,β-unsaturated/α-hetero) is 1. The van der Waals surface area contributed by atoms with Gasteiger partial charge in [-0.25, -0.2) is 0 Å². The lowest BCUT2D eigenvalue weighted by Gasteiger charge is -2.38. The van der Waals surface area contributed by atoms with Crippen LogP contribution in [0.2, 0.25) is 0 Å². The molecule has 1 atom stereocenters. The van der Waals surface area contributed by atoms with Gasteiger partial charge in [0.05, 0.1) is 11.0 Å². The third-order valence-electron chi connectivity index (χ3n) is 4.35. The lowest BCUT2D eigenvalue weighted by Crippen LogP contribution is -2.45. The smallest absolute Gasteiger partial charge is 0.272 e. The second-order valence-electron chi connectivity index (χ2n) is 6.32. The zero-order valence-corrected chi connectivity index (χ0v) is 12.3. The van der Waals surface area contributed by atoms with E-state index in [-0.39, 0.29) is 17.9 Å². The molecule has 1 saturated carbocycles. The average Bonchev–Trinajstić information content (AvgIpc) is 2.44. The highest BCUT2D eigenvalue weighted by Crippen LogP contribution is 2.45. The standard InChI is InChI=1S/C16H18N2O3/c1-15(2)8-5-9-16(11-17,14(15)19)10-12-6-3-4-7-13(12)18(20)21/h3-4,6-7H,5,8-10H2,1-2H3. The number of rotatable bonds is 3. The van der Waals surface area contributed by atoms with Crippen LogP contribution < -0.4 is 0 Å². The van der Waals surface area contributed by atoms with E-state index in [2.05, 4.69) is 6.07 Å². The van der Waals surface area contributed by atoms with Gasteiger partial charge in [0.2, 0.25) is 0 Å². The number of hydrogen-bond donors (Lipinski definition) is 0. The number of ketones is 1. The summed E-state index contributed by atoms with van der Waals surface area (Å²) in [6, 6.07) is 8.50. The van der Waals surface area contributed by atoms with Crippen molar-refractivity contribution in [1.29, 1.82) is 5.26 Å². The van der Waals surface area contributed by atoms with Gasteiger partial charge in [-0.2, -0.15) is 5.26 Å². The van der Waals surface area contributed by atoms with E-state index in [0.29, 0.717) is 12.0 Å². The molecule has 0 radical (unpaired) electrons. The first-order chi connectivity index (χ1) is 9.82. The van der Waals surface area contributed by atoms with E-state index in [1.165, 1.54) is 6.07 Å². The summed E-state index contributed by atoms with van der Waals surface area (Å²) in [5.41, 5.74) is -1.26. The molecular formula is C16H18N2O3. The fraction of sp³-hybridized carbons (Fsp3) is 0.500. The first-order valence-corrected chi connectivity index (χ1v) is 7.01. The Labute approximate surface area is 123 Å². The second-order valence-corrected chi connectivity index (χ2v) is 6.32. The number of nitriles is 1. The summed E-state index contributed by atoms with van der Waals surface area (Å²) in [6.45, 7) is 3.69. The molecule has 0 amide bonds. The molecule has 0 N–H and O–H groups in total. The van der Waals surface area contributed by atoms with Crippen LogP contribution in [0, 0.1) is 32.3 Å². The summed E-state index contributed by atoms with van der Waals surface area (Å²) < 4.78 is 0. The van der Waals surface area contributed by atoms with E-state index in [4.69, 9.17) is 0 Å². The number of nitrogens with zero attached hydrogens (tertiary/aromatic N) is 2. The Morgan fingerprint density at radius 3 is 2.62 bits per heavy atom. The van der Waals surface area contributed by atoms with Gasteiger partial charge in [-0.05, 0) is 12.8 Å². The normalized spacial score (nSPS) is 24.3. The summed E-state index contributed by atoms with van der Waals surface area (Å²) in [5.74, 6) is -0.0955. The Morgan fingerprint density at radius 2 is 2.00 bits per heavy atom. The summed E-state index contributed by atoms with van der Waals surface area (Å²) in [7, 11) is 0. The highest BCUT2D eigenvalue weighted by molar-refractivity contribution is 5.93. The van der Waals surface area contributed by atoms with Crippen LogP contribution in [0.1, 0.15) is 38.7 Å². The Kier molecular flexibility index (Phi) is 3.82. The summed E-state index contributed by atoms with van der Waals surface area (Å²) in [4.78, 5) is 23.3. The topological polar surface area (TPSA) is 84.0 Å². The molecule has 110 valence electrons. The zero-order chi connectivity index (χ0) is 15.7. The number of nitro benzene ring substituents is 1. The number of hydrogen-bond acceptors (Lipinski definition) is 4. The van der Waals surface area contributed by atoms with E-state index < -0.39 is 15.8 Å². The van der Waals surface area contributed by atoms with Crippen molar-refractivity contribution in [2.45, 2.75) is 39.5 Å². The van der Waals surface area contributed by atoms with Crippen LogP contribution in [-0.2, 0) is 11.2 Å². The van der Waals surface area contributed by atoms with Crippen LogP contribution in [-0.4, -0.2) is 10.7 Å². The van der Waals surface area contributed by atoms with Crippen LogP contribution in [0.5, 0.6) is 0 Å². The molecule has 5 nitrogen and oxygen atoms in total. The second kappa shape index (κ2) is 5.28.